The predicted molar refractivity (Wildman–Crippen MR) is 65.3 cm³/mol. The molecule has 0 saturated carbocycles. The molecule has 86 valence electrons. The van der Waals surface area contributed by atoms with E-state index in [1.54, 1.807) is 6.92 Å². The first-order valence-corrected chi connectivity index (χ1v) is 5.36. The first-order valence-electron chi connectivity index (χ1n) is 5.36. The number of carboxylic acids is 1. The van der Waals surface area contributed by atoms with E-state index >= 15 is 0 Å². The monoisotopic (exact) mass is 218 g/mol. The Balaban J connectivity index is 2.87. The van der Waals surface area contributed by atoms with Gasteiger partial charge in [-0.05, 0) is 32.3 Å². The molecule has 0 saturated heterocycles. The summed E-state index contributed by atoms with van der Waals surface area (Å²) in [7, 11) is 0. The van der Waals surface area contributed by atoms with Gasteiger partial charge in [-0.3, -0.25) is 4.79 Å². The van der Waals surface area contributed by atoms with Crippen molar-refractivity contribution < 1.29 is 9.90 Å². The molecule has 0 aliphatic rings. The zero-order valence-corrected chi connectivity index (χ0v) is 9.86. The van der Waals surface area contributed by atoms with E-state index in [4.69, 9.17) is 0 Å². The normalized spacial score (nSPS) is 14.1. The number of hydrogen-bond donors (Lipinski definition) is 1. The maximum atomic E-state index is 11.3. The summed E-state index contributed by atoms with van der Waals surface area (Å²) in [5, 5.41) is 9.30. The minimum Gasteiger partial charge on any atom is -0.481 e. The van der Waals surface area contributed by atoms with Crippen LogP contribution in [0.3, 0.4) is 0 Å². The van der Waals surface area contributed by atoms with E-state index in [2.05, 4.69) is 6.58 Å². The van der Waals surface area contributed by atoms with Gasteiger partial charge in [0, 0.05) is 0 Å². The van der Waals surface area contributed by atoms with E-state index in [1.165, 1.54) is 0 Å². The molecule has 1 aromatic rings. The molecule has 0 bridgehead atoms. The van der Waals surface area contributed by atoms with Gasteiger partial charge in [-0.2, -0.15) is 0 Å². The van der Waals surface area contributed by atoms with Crippen LogP contribution in [0.1, 0.15) is 25.8 Å². The molecule has 1 N–H and O–H groups in total. The summed E-state index contributed by atoms with van der Waals surface area (Å²) in [6.07, 6.45) is 1.05. The number of carbonyl (C=O) groups is 1. The van der Waals surface area contributed by atoms with Crippen LogP contribution in [0.2, 0.25) is 0 Å². The summed E-state index contributed by atoms with van der Waals surface area (Å²) in [5.41, 5.74) is 1.20. The van der Waals surface area contributed by atoms with Crippen molar-refractivity contribution >= 4 is 5.97 Å². The number of benzene rings is 1. The highest BCUT2D eigenvalue weighted by Gasteiger charge is 2.33. The van der Waals surface area contributed by atoms with Gasteiger partial charge in [0.2, 0.25) is 0 Å². The van der Waals surface area contributed by atoms with Crippen LogP contribution in [0.25, 0.3) is 0 Å². The van der Waals surface area contributed by atoms with Crippen molar-refractivity contribution in [1.29, 1.82) is 0 Å². The Morgan fingerprint density at radius 2 is 1.94 bits per heavy atom. The fraction of sp³-hybridized carbons (Fsp3) is 0.357. The van der Waals surface area contributed by atoms with Gasteiger partial charge in [0.05, 0.1) is 5.41 Å². The lowest BCUT2D eigenvalue weighted by atomic mass is 9.79. The zero-order chi connectivity index (χ0) is 12.2. The van der Waals surface area contributed by atoms with E-state index in [-0.39, 0.29) is 0 Å². The smallest absolute Gasteiger partial charge is 0.310 e. The van der Waals surface area contributed by atoms with E-state index in [1.807, 2.05) is 37.3 Å². The molecule has 0 aliphatic heterocycles. The fourth-order valence-corrected chi connectivity index (χ4v) is 1.93. The highest BCUT2D eigenvalue weighted by Crippen LogP contribution is 2.30. The van der Waals surface area contributed by atoms with Gasteiger partial charge < -0.3 is 5.11 Å². The molecule has 1 rings (SSSR count). The summed E-state index contributed by atoms with van der Waals surface area (Å²) in [6, 6.07) is 9.70. The van der Waals surface area contributed by atoms with Gasteiger partial charge >= 0.3 is 5.97 Å². The van der Waals surface area contributed by atoms with Crippen LogP contribution in [0.4, 0.5) is 0 Å². The number of aliphatic carboxylic acids is 1. The Bertz CT molecular complexity index is 381. The van der Waals surface area contributed by atoms with E-state index in [0.717, 1.165) is 11.1 Å². The average molecular weight is 218 g/mol. The number of rotatable bonds is 5. The number of hydrogen-bond acceptors (Lipinski definition) is 1. The van der Waals surface area contributed by atoms with E-state index < -0.39 is 11.4 Å². The van der Waals surface area contributed by atoms with Gasteiger partial charge in [-0.1, -0.05) is 35.9 Å². The number of allylic oxidation sites excluding steroid dienone is 1. The van der Waals surface area contributed by atoms with Crippen molar-refractivity contribution in [1.82, 2.24) is 0 Å². The second-order valence-corrected chi connectivity index (χ2v) is 4.66. The molecule has 0 aromatic heterocycles. The third-order valence-corrected chi connectivity index (χ3v) is 2.65. The van der Waals surface area contributed by atoms with Crippen LogP contribution in [-0.4, -0.2) is 11.1 Å². The Morgan fingerprint density at radius 1 is 1.38 bits per heavy atom. The molecule has 0 radical (unpaired) electrons. The Morgan fingerprint density at radius 3 is 2.38 bits per heavy atom. The molecule has 2 nitrogen and oxygen atoms in total. The fourth-order valence-electron chi connectivity index (χ4n) is 1.93. The van der Waals surface area contributed by atoms with Crippen molar-refractivity contribution in [2.75, 3.05) is 0 Å². The Kier molecular flexibility index (Phi) is 3.88. The van der Waals surface area contributed by atoms with Crippen molar-refractivity contribution in [3.8, 4) is 0 Å². The first kappa shape index (κ1) is 12.5. The molecule has 0 spiro atoms. The van der Waals surface area contributed by atoms with Gasteiger partial charge in [-0.15, -0.1) is 6.58 Å². The molecule has 2 heteroatoms. The minimum atomic E-state index is -0.764. The maximum Gasteiger partial charge on any atom is 0.310 e. The molecule has 0 unspecified atom stereocenters. The average Bonchev–Trinajstić information content (AvgIpc) is 2.17. The van der Waals surface area contributed by atoms with Crippen LogP contribution in [0.5, 0.6) is 0 Å². The van der Waals surface area contributed by atoms with Crippen molar-refractivity contribution in [2.45, 2.75) is 26.7 Å². The molecular weight excluding hydrogens is 200 g/mol. The van der Waals surface area contributed by atoms with E-state index in [0.29, 0.717) is 12.8 Å². The molecule has 16 heavy (non-hydrogen) atoms. The van der Waals surface area contributed by atoms with Gasteiger partial charge in [0.15, 0.2) is 0 Å². The second kappa shape index (κ2) is 4.97. The quantitative estimate of drug-likeness (QED) is 0.770. The Hall–Kier alpha value is -1.57. The van der Waals surface area contributed by atoms with Gasteiger partial charge in [0.25, 0.3) is 0 Å². The third-order valence-electron chi connectivity index (χ3n) is 2.65. The van der Waals surface area contributed by atoms with Crippen molar-refractivity contribution in [2.24, 2.45) is 5.41 Å². The summed E-state index contributed by atoms with van der Waals surface area (Å²) >= 11 is 0. The van der Waals surface area contributed by atoms with Gasteiger partial charge in [-0.25, -0.2) is 0 Å². The highest BCUT2D eigenvalue weighted by atomic mass is 16.4. The summed E-state index contributed by atoms with van der Waals surface area (Å²) < 4.78 is 0. The standard InChI is InChI=1S/C14H18O2/c1-11(2)9-14(3,13(15)16)10-12-7-5-4-6-8-12/h4-8H,1,9-10H2,2-3H3,(H,15,16)/t14-/m1/s1. The Labute approximate surface area is 96.6 Å². The summed E-state index contributed by atoms with van der Waals surface area (Å²) in [5.74, 6) is -0.764. The van der Waals surface area contributed by atoms with Crippen molar-refractivity contribution in [3.05, 3.63) is 48.0 Å². The van der Waals surface area contributed by atoms with E-state index in [9.17, 15) is 9.90 Å². The molecule has 0 fully saturated rings. The predicted octanol–water partition coefficient (Wildman–Crippen LogP) is 3.29. The molecule has 0 heterocycles. The molecule has 0 aliphatic carbocycles. The SMILES string of the molecule is C=C(C)C[C@](C)(Cc1ccccc1)C(=O)O. The van der Waals surface area contributed by atoms with Crippen LogP contribution >= 0.6 is 0 Å². The molecular formula is C14H18O2. The summed E-state index contributed by atoms with van der Waals surface area (Å²) in [4.78, 5) is 11.3. The minimum absolute atomic E-state index is 0.511. The van der Waals surface area contributed by atoms with Crippen LogP contribution in [-0.2, 0) is 11.2 Å². The second-order valence-electron chi connectivity index (χ2n) is 4.66. The van der Waals surface area contributed by atoms with Crippen LogP contribution < -0.4 is 0 Å². The summed E-state index contributed by atoms with van der Waals surface area (Å²) in [6.45, 7) is 7.44. The van der Waals surface area contributed by atoms with Crippen LogP contribution in [0.15, 0.2) is 42.5 Å². The molecule has 1 aromatic carbocycles. The lowest BCUT2D eigenvalue weighted by Gasteiger charge is -2.25. The lowest BCUT2D eigenvalue weighted by Crippen LogP contribution is -2.30. The third kappa shape index (κ3) is 3.23. The molecule has 0 amide bonds. The van der Waals surface area contributed by atoms with Gasteiger partial charge in [0.1, 0.15) is 0 Å². The highest BCUT2D eigenvalue weighted by molar-refractivity contribution is 5.75. The maximum absolute atomic E-state index is 11.3. The van der Waals surface area contributed by atoms with Crippen molar-refractivity contribution in [3.63, 3.8) is 0 Å². The van der Waals surface area contributed by atoms with Crippen LogP contribution in [0, 0.1) is 5.41 Å². The topological polar surface area (TPSA) is 37.3 Å². The zero-order valence-electron chi connectivity index (χ0n) is 9.86. The lowest BCUT2D eigenvalue weighted by molar-refractivity contribution is -0.147. The molecule has 1 atom stereocenters. The largest absolute Gasteiger partial charge is 0.481 e. The number of carboxylic acid groups (broad SMARTS) is 1. The first-order chi connectivity index (χ1) is 7.44.